The van der Waals surface area contributed by atoms with Crippen molar-refractivity contribution in [3.05, 3.63) is 75.3 Å². The van der Waals surface area contributed by atoms with E-state index in [1.807, 2.05) is 6.92 Å². The fourth-order valence-corrected chi connectivity index (χ4v) is 3.45. The van der Waals surface area contributed by atoms with Crippen molar-refractivity contribution in [2.45, 2.75) is 25.8 Å². The lowest BCUT2D eigenvalue weighted by molar-refractivity contribution is -0.139. The van der Waals surface area contributed by atoms with Gasteiger partial charge in [0.05, 0.1) is 11.6 Å². The number of likely N-dealkylation sites (tertiary alicyclic amines) is 1. The molecule has 6 heteroatoms. The minimum Gasteiger partial charge on any atom is -0.507 e. The third kappa shape index (κ3) is 3.87. The number of hydrogen-bond donors (Lipinski definition) is 1. The number of benzene rings is 2. The maximum Gasteiger partial charge on any atom is 0.295 e. The number of carbonyl (C=O) groups excluding carboxylic acids is 2. The normalized spacial score (nSPS) is 18.9. The van der Waals surface area contributed by atoms with Gasteiger partial charge in [-0.15, -0.1) is 0 Å². The zero-order valence-corrected chi connectivity index (χ0v) is 16.3. The summed E-state index contributed by atoms with van der Waals surface area (Å²) in [5, 5.41) is 11.9. The Morgan fingerprint density at radius 1 is 1.00 bits per heavy atom. The minimum atomic E-state index is -0.682. The number of amides is 1. The van der Waals surface area contributed by atoms with Crippen LogP contribution in [0.3, 0.4) is 0 Å². The summed E-state index contributed by atoms with van der Waals surface area (Å²) >= 11 is 11.9. The van der Waals surface area contributed by atoms with Crippen LogP contribution in [0.4, 0.5) is 0 Å². The highest BCUT2D eigenvalue weighted by Gasteiger charge is 2.45. The van der Waals surface area contributed by atoms with Gasteiger partial charge in [0, 0.05) is 22.2 Å². The van der Waals surface area contributed by atoms with Crippen molar-refractivity contribution < 1.29 is 14.7 Å². The fraction of sp³-hybridized carbons (Fsp3) is 0.238. The molecule has 1 fully saturated rings. The van der Waals surface area contributed by atoms with Crippen molar-refractivity contribution in [2.24, 2.45) is 0 Å². The molecule has 2 aromatic rings. The number of halogens is 2. The molecule has 0 bridgehead atoms. The Morgan fingerprint density at radius 3 is 2.11 bits per heavy atom. The number of nitrogens with zero attached hydrogens (tertiary/aromatic N) is 1. The topological polar surface area (TPSA) is 57.6 Å². The van der Waals surface area contributed by atoms with Gasteiger partial charge in [-0.05, 0) is 48.4 Å². The maximum atomic E-state index is 12.8. The molecule has 2 aromatic carbocycles. The molecule has 0 spiro atoms. The van der Waals surface area contributed by atoms with Crippen LogP contribution in [0.5, 0.6) is 0 Å². The number of unbranched alkanes of at least 4 members (excludes halogenated alkanes) is 1. The number of ketones is 1. The standard InChI is InChI=1S/C21H19Cl2NO3/c1-2-3-12-24-18(13-4-8-15(22)9-5-13)17(20(26)21(24)27)19(25)14-6-10-16(23)11-7-14/h4-11,18,25H,2-3,12H2,1H3/t18-/m1/s1. The summed E-state index contributed by atoms with van der Waals surface area (Å²) < 4.78 is 0. The van der Waals surface area contributed by atoms with E-state index in [1.54, 1.807) is 48.5 Å². The molecule has 4 nitrogen and oxygen atoms in total. The molecular weight excluding hydrogens is 385 g/mol. The predicted molar refractivity (Wildman–Crippen MR) is 107 cm³/mol. The molecule has 140 valence electrons. The van der Waals surface area contributed by atoms with E-state index in [1.165, 1.54) is 4.90 Å². The average molecular weight is 404 g/mol. The summed E-state index contributed by atoms with van der Waals surface area (Å²) in [7, 11) is 0. The monoisotopic (exact) mass is 403 g/mol. The maximum absolute atomic E-state index is 12.8. The lowest BCUT2D eigenvalue weighted by atomic mass is 9.95. The van der Waals surface area contributed by atoms with Gasteiger partial charge in [-0.25, -0.2) is 0 Å². The minimum absolute atomic E-state index is 0.0840. The molecule has 27 heavy (non-hydrogen) atoms. The highest BCUT2D eigenvalue weighted by atomic mass is 35.5. The molecule has 0 aromatic heterocycles. The van der Waals surface area contributed by atoms with E-state index < -0.39 is 17.7 Å². The van der Waals surface area contributed by atoms with Crippen LogP contribution in [0.1, 0.15) is 36.9 Å². The van der Waals surface area contributed by atoms with Crippen molar-refractivity contribution >= 4 is 40.7 Å². The molecule has 1 aliphatic heterocycles. The summed E-state index contributed by atoms with van der Waals surface area (Å²) in [5.41, 5.74) is 1.25. The highest BCUT2D eigenvalue weighted by Crippen LogP contribution is 2.39. The van der Waals surface area contributed by atoms with Gasteiger partial charge in [0.1, 0.15) is 5.76 Å². The highest BCUT2D eigenvalue weighted by molar-refractivity contribution is 6.46. The van der Waals surface area contributed by atoms with E-state index in [4.69, 9.17) is 23.2 Å². The van der Waals surface area contributed by atoms with Gasteiger partial charge >= 0.3 is 0 Å². The van der Waals surface area contributed by atoms with E-state index in [2.05, 4.69) is 0 Å². The Balaban J connectivity index is 2.14. The van der Waals surface area contributed by atoms with E-state index in [9.17, 15) is 14.7 Å². The SMILES string of the molecule is CCCCN1C(=O)C(=O)C(=C(O)c2ccc(Cl)cc2)[C@H]1c1ccc(Cl)cc1. The molecule has 1 aliphatic rings. The summed E-state index contributed by atoms with van der Waals surface area (Å²) in [6, 6.07) is 12.8. The molecule has 1 N–H and O–H groups in total. The number of aliphatic hydroxyl groups excluding tert-OH is 1. The molecule has 0 radical (unpaired) electrons. The Bertz CT molecular complexity index is 889. The van der Waals surface area contributed by atoms with Gasteiger partial charge in [0.15, 0.2) is 0 Å². The largest absolute Gasteiger partial charge is 0.507 e. The van der Waals surface area contributed by atoms with Crippen LogP contribution in [0.15, 0.2) is 54.1 Å². The van der Waals surface area contributed by atoms with Crippen molar-refractivity contribution in [1.29, 1.82) is 0 Å². The van der Waals surface area contributed by atoms with Crippen molar-refractivity contribution in [3.63, 3.8) is 0 Å². The van der Waals surface area contributed by atoms with Crippen LogP contribution in [-0.2, 0) is 9.59 Å². The second-order valence-electron chi connectivity index (χ2n) is 6.40. The fourth-order valence-electron chi connectivity index (χ4n) is 3.19. The van der Waals surface area contributed by atoms with Crippen LogP contribution in [0.25, 0.3) is 5.76 Å². The lowest BCUT2D eigenvalue weighted by Crippen LogP contribution is -2.30. The summed E-state index contributed by atoms with van der Waals surface area (Å²) in [6.45, 7) is 2.45. The third-order valence-corrected chi connectivity index (χ3v) is 5.10. The summed E-state index contributed by atoms with van der Waals surface area (Å²) in [4.78, 5) is 26.9. The second-order valence-corrected chi connectivity index (χ2v) is 7.28. The second kappa shape index (κ2) is 8.15. The molecule has 3 rings (SSSR count). The summed E-state index contributed by atoms with van der Waals surface area (Å²) in [6.07, 6.45) is 1.64. The van der Waals surface area contributed by atoms with E-state index >= 15 is 0 Å². The first-order valence-corrected chi connectivity index (χ1v) is 9.49. The molecule has 1 amide bonds. The molecule has 0 saturated carbocycles. The lowest BCUT2D eigenvalue weighted by Gasteiger charge is -2.25. The Hall–Kier alpha value is -2.30. The molecule has 1 atom stereocenters. The molecule has 0 unspecified atom stereocenters. The first kappa shape index (κ1) is 19.5. The zero-order valence-electron chi connectivity index (χ0n) is 14.8. The first-order valence-electron chi connectivity index (χ1n) is 8.74. The Morgan fingerprint density at radius 2 is 1.56 bits per heavy atom. The van der Waals surface area contributed by atoms with Gasteiger partial charge < -0.3 is 10.0 Å². The van der Waals surface area contributed by atoms with Crippen LogP contribution < -0.4 is 0 Å². The molecule has 1 saturated heterocycles. The van der Waals surface area contributed by atoms with Gasteiger partial charge in [-0.3, -0.25) is 9.59 Å². The van der Waals surface area contributed by atoms with E-state index in [0.29, 0.717) is 22.2 Å². The van der Waals surface area contributed by atoms with Gasteiger partial charge in [-0.1, -0.05) is 48.7 Å². The van der Waals surface area contributed by atoms with E-state index in [-0.39, 0.29) is 11.3 Å². The number of hydrogen-bond acceptors (Lipinski definition) is 3. The van der Waals surface area contributed by atoms with Gasteiger partial charge in [0.2, 0.25) is 0 Å². The third-order valence-electron chi connectivity index (χ3n) is 4.60. The molecular formula is C21H19Cl2NO3. The Kier molecular flexibility index (Phi) is 5.88. The number of aliphatic hydroxyl groups is 1. The molecule has 0 aliphatic carbocycles. The number of rotatable bonds is 5. The number of carbonyl (C=O) groups is 2. The average Bonchev–Trinajstić information content (AvgIpc) is 2.91. The smallest absolute Gasteiger partial charge is 0.295 e. The van der Waals surface area contributed by atoms with Crippen molar-refractivity contribution in [1.82, 2.24) is 4.90 Å². The van der Waals surface area contributed by atoms with Crippen LogP contribution >= 0.6 is 23.2 Å². The van der Waals surface area contributed by atoms with Crippen LogP contribution in [-0.4, -0.2) is 28.2 Å². The zero-order chi connectivity index (χ0) is 19.6. The quantitative estimate of drug-likeness (QED) is 0.423. The van der Waals surface area contributed by atoms with Crippen molar-refractivity contribution in [3.8, 4) is 0 Å². The van der Waals surface area contributed by atoms with Gasteiger partial charge in [0.25, 0.3) is 11.7 Å². The van der Waals surface area contributed by atoms with E-state index in [0.717, 1.165) is 18.4 Å². The summed E-state index contributed by atoms with van der Waals surface area (Å²) in [5.74, 6) is -1.48. The molecule has 1 heterocycles. The number of Topliss-reactive ketones (excluding diaryl/α,β-unsaturated/α-hetero) is 1. The Labute approximate surface area is 168 Å². The van der Waals surface area contributed by atoms with Crippen molar-refractivity contribution in [2.75, 3.05) is 6.54 Å². The van der Waals surface area contributed by atoms with Crippen LogP contribution in [0, 0.1) is 0 Å². The van der Waals surface area contributed by atoms with Gasteiger partial charge in [-0.2, -0.15) is 0 Å². The predicted octanol–water partition coefficient (Wildman–Crippen LogP) is 5.22. The first-order chi connectivity index (χ1) is 12.9. The van der Waals surface area contributed by atoms with Crippen LogP contribution in [0.2, 0.25) is 10.0 Å².